The minimum absolute atomic E-state index is 0.0422. The summed E-state index contributed by atoms with van der Waals surface area (Å²) in [6.45, 7) is -0.0923. The van der Waals surface area contributed by atoms with Gasteiger partial charge in [0.05, 0.1) is 0 Å². The van der Waals surface area contributed by atoms with E-state index in [0.717, 1.165) is 0 Å². The van der Waals surface area contributed by atoms with Crippen LogP contribution in [0.25, 0.3) is 0 Å². The van der Waals surface area contributed by atoms with Crippen molar-refractivity contribution in [2.24, 2.45) is 0 Å². The number of carbonyl (C=O) groups is 1. The van der Waals surface area contributed by atoms with Gasteiger partial charge in [-0.1, -0.05) is 0 Å². The van der Waals surface area contributed by atoms with Crippen molar-refractivity contribution in [1.29, 1.82) is 0 Å². The summed E-state index contributed by atoms with van der Waals surface area (Å²) in [6.07, 6.45) is -4.75. The topological polar surface area (TPSA) is 37.3 Å². The van der Waals surface area contributed by atoms with E-state index in [4.69, 9.17) is 5.11 Å². The molecule has 0 atom stereocenters. The summed E-state index contributed by atoms with van der Waals surface area (Å²) in [6, 6.07) is 0. The minimum Gasteiger partial charge on any atom is -0.396 e. The summed E-state index contributed by atoms with van der Waals surface area (Å²) < 4.78 is 34.8. The van der Waals surface area contributed by atoms with Crippen molar-refractivity contribution in [2.45, 2.75) is 38.3 Å². The van der Waals surface area contributed by atoms with E-state index in [1.807, 2.05) is 0 Å². The first-order valence-electron chi connectivity index (χ1n) is 4.15. The number of halogens is 3. The van der Waals surface area contributed by atoms with Crippen molar-refractivity contribution >= 4 is 5.78 Å². The summed E-state index contributed by atoms with van der Waals surface area (Å²) in [7, 11) is 0. The molecule has 0 aliphatic rings. The molecule has 0 spiro atoms. The predicted molar refractivity (Wildman–Crippen MR) is 41.2 cm³/mol. The Morgan fingerprint density at radius 3 is 2.15 bits per heavy atom. The average Bonchev–Trinajstić information content (AvgIpc) is 1.98. The van der Waals surface area contributed by atoms with Gasteiger partial charge < -0.3 is 5.11 Å². The molecule has 0 saturated carbocycles. The lowest BCUT2D eigenvalue weighted by Crippen LogP contribution is -2.08. The van der Waals surface area contributed by atoms with Gasteiger partial charge in [0.25, 0.3) is 0 Å². The van der Waals surface area contributed by atoms with Crippen LogP contribution >= 0.6 is 0 Å². The van der Waals surface area contributed by atoms with Crippen molar-refractivity contribution in [2.75, 3.05) is 6.61 Å². The largest absolute Gasteiger partial charge is 0.396 e. The Labute approximate surface area is 74.7 Å². The molecule has 0 rings (SSSR count). The second kappa shape index (κ2) is 5.96. The van der Waals surface area contributed by atoms with E-state index in [2.05, 4.69) is 0 Å². The van der Waals surface area contributed by atoms with E-state index in [-0.39, 0.29) is 31.7 Å². The minimum atomic E-state index is -4.17. The molecule has 0 amide bonds. The third-order valence-electron chi connectivity index (χ3n) is 1.53. The van der Waals surface area contributed by atoms with E-state index in [0.29, 0.717) is 6.42 Å². The molecule has 0 aromatic rings. The van der Waals surface area contributed by atoms with Gasteiger partial charge in [0, 0.05) is 25.9 Å². The van der Waals surface area contributed by atoms with Crippen LogP contribution in [-0.4, -0.2) is 23.7 Å². The Balaban J connectivity index is 3.37. The third kappa shape index (κ3) is 9.33. The van der Waals surface area contributed by atoms with Crippen LogP contribution in [-0.2, 0) is 4.79 Å². The smallest absolute Gasteiger partial charge is 0.389 e. The molecular formula is C8H13F3O2. The molecule has 0 fully saturated rings. The van der Waals surface area contributed by atoms with E-state index in [9.17, 15) is 18.0 Å². The van der Waals surface area contributed by atoms with E-state index in [1.165, 1.54) is 0 Å². The molecule has 78 valence electrons. The summed E-state index contributed by atoms with van der Waals surface area (Å²) in [4.78, 5) is 10.8. The number of ketones is 1. The Bertz CT molecular complexity index is 154. The molecule has 13 heavy (non-hydrogen) atoms. The molecule has 0 unspecified atom stereocenters. The van der Waals surface area contributed by atoms with Gasteiger partial charge in [0.2, 0.25) is 0 Å². The van der Waals surface area contributed by atoms with Gasteiger partial charge in [0.15, 0.2) is 0 Å². The molecular weight excluding hydrogens is 185 g/mol. The van der Waals surface area contributed by atoms with Crippen LogP contribution in [0.15, 0.2) is 0 Å². The molecule has 0 bridgehead atoms. The fraction of sp³-hybridized carbons (Fsp3) is 0.875. The molecule has 0 saturated heterocycles. The Morgan fingerprint density at radius 2 is 1.69 bits per heavy atom. The fourth-order valence-corrected chi connectivity index (χ4v) is 0.887. The molecule has 0 aromatic heterocycles. The van der Waals surface area contributed by atoms with Crippen molar-refractivity contribution in [3.63, 3.8) is 0 Å². The number of hydrogen-bond donors (Lipinski definition) is 1. The molecule has 0 aliphatic heterocycles. The third-order valence-corrected chi connectivity index (χ3v) is 1.53. The quantitative estimate of drug-likeness (QED) is 0.709. The first-order valence-corrected chi connectivity index (χ1v) is 4.15. The first-order chi connectivity index (χ1) is 5.95. The van der Waals surface area contributed by atoms with Crippen molar-refractivity contribution in [3.8, 4) is 0 Å². The van der Waals surface area contributed by atoms with Gasteiger partial charge in [-0.25, -0.2) is 0 Å². The number of alkyl halides is 3. The van der Waals surface area contributed by atoms with Gasteiger partial charge >= 0.3 is 6.18 Å². The first kappa shape index (κ1) is 12.4. The predicted octanol–water partition coefficient (Wildman–Crippen LogP) is 2.06. The maximum absolute atomic E-state index is 11.6. The van der Waals surface area contributed by atoms with Crippen LogP contribution in [0, 0.1) is 0 Å². The highest BCUT2D eigenvalue weighted by atomic mass is 19.4. The lowest BCUT2D eigenvalue weighted by atomic mass is 10.1. The van der Waals surface area contributed by atoms with Gasteiger partial charge in [0.1, 0.15) is 5.78 Å². The molecule has 1 N–H and O–H groups in total. The second-order valence-corrected chi connectivity index (χ2v) is 2.83. The SMILES string of the molecule is O=C(CCCO)CCCC(F)(F)F. The molecule has 5 heteroatoms. The van der Waals surface area contributed by atoms with Crippen LogP contribution in [0.1, 0.15) is 32.1 Å². The normalized spacial score (nSPS) is 11.7. The van der Waals surface area contributed by atoms with Gasteiger partial charge in [-0.15, -0.1) is 0 Å². The van der Waals surface area contributed by atoms with Crippen molar-refractivity contribution in [3.05, 3.63) is 0 Å². The zero-order chi connectivity index (χ0) is 10.3. The maximum Gasteiger partial charge on any atom is 0.389 e. The highest BCUT2D eigenvalue weighted by Gasteiger charge is 2.26. The van der Waals surface area contributed by atoms with E-state index < -0.39 is 12.6 Å². The number of hydrogen-bond acceptors (Lipinski definition) is 2. The van der Waals surface area contributed by atoms with Crippen LogP contribution < -0.4 is 0 Å². The van der Waals surface area contributed by atoms with Crippen LogP contribution in [0.2, 0.25) is 0 Å². The Kier molecular flexibility index (Phi) is 5.70. The molecule has 0 aromatic carbocycles. The Hall–Kier alpha value is -0.580. The molecule has 2 nitrogen and oxygen atoms in total. The average molecular weight is 198 g/mol. The highest BCUT2D eigenvalue weighted by molar-refractivity contribution is 5.78. The highest BCUT2D eigenvalue weighted by Crippen LogP contribution is 2.22. The fourth-order valence-electron chi connectivity index (χ4n) is 0.887. The van der Waals surface area contributed by atoms with Crippen molar-refractivity contribution < 1.29 is 23.1 Å². The standard InChI is InChI=1S/C8H13F3O2/c9-8(10,11)5-1-3-7(13)4-2-6-12/h12H,1-6H2. The van der Waals surface area contributed by atoms with Crippen LogP contribution in [0.4, 0.5) is 13.2 Å². The summed E-state index contributed by atoms with van der Waals surface area (Å²) in [5, 5.41) is 8.34. The van der Waals surface area contributed by atoms with Crippen LogP contribution in [0.5, 0.6) is 0 Å². The van der Waals surface area contributed by atoms with Gasteiger partial charge in [-0.3, -0.25) is 4.79 Å². The van der Waals surface area contributed by atoms with Crippen LogP contribution in [0.3, 0.4) is 0 Å². The van der Waals surface area contributed by atoms with Gasteiger partial charge in [-0.05, 0) is 12.8 Å². The Morgan fingerprint density at radius 1 is 1.15 bits per heavy atom. The number of carbonyl (C=O) groups excluding carboxylic acids is 1. The summed E-state index contributed by atoms with van der Waals surface area (Å²) >= 11 is 0. The molecule has 0 aliphatic carbocycles. The number of aliphatic hydroxyl groups is 1. The summed E-state index contributed by atoms with van der Waals surface area (Å²) in [5.41, 5.74) is 0. The zero-order valence-electron chi connectivity index (χ0n) is 7.23. The monoisotopic (exact) mass is 198 g/mol. The second-order valence-electron chi connectivity index (χ2n) is 2.83. The van der Waals surface area contributed by atoms with E-state index >= 15 is 0 Å². The summed E-state index contributed by atoms with van der Waals surface area (Å²) in [5.74, 6) is -0.210. The number of rotatable bonds is 6. The van der Waals surface area contributed by atoms with Gasteiger partial charge in [-0.2, -0.15) is 13.2 Å². The number of Topliss-reactive ketones (excluding diaryl/α,β-unsaturated/α-hetero) is 1. The lowest BCUT2D eigenvalue weighted by molar-refractivity contribution is -0.137. The van der Waals surface area contributed by atoms with Crippen molar-refractivity contribution in [1.82, 2.24) is 0 Å². The maximum atomic E-state index is 11.6. The molecule has 0 heterocycles. The lowest BCUT2D eigenvalue weighted by Gasteiger charge is -2.04. The van der Waals surface area contributed by atoms with E-state index in [1.54, 1.807) is 0 Å². The molecule has 0 radical (unpaired) electrons. The number of aliphatic hydroxyl groups excluding tert-OH is 1. The zero-order valence-corrected chi connectivity index (χ0v) is 7.23.